The van der Waals surface area contributed by atoms with E-state index in [9.17, 15) is 0 Å². The van der Waals surface area contributed by atoms with E-state index in [-0.39, 0.29) is 0 Å². The molecule has 0 spiro atoms. The number of hydrogen-bond donors (Lipinski definition) is 1. The zero-order chi connectivity index (χ0) is 13.8. The number of fused-ring (bicyclic) bond motifs is 2. The summed E-state index contributed by atoms with van der Waals surface area (Å²) in [6, 6.07) is 1.43. The Morgan fingerprint density at radius 2 is 1.79 bits per heavy atom. The summed E-state index contributed by atoms with van der Waals surface area (Å²) in [4.78, 5) is 2.68. The van der Waals surface area contributed by atoms with E-state index < -0.39 is 0 Å². The van der Waals surface area contributed by atoms with Crippen molar-refractivity contribution in [2.75, 3.05) is 26.2 Å². The topological polar surface area (TPSA) is 24.5 Å². The highest BCUT2D eigenvalue weighted by Gasteiger charge is 2.39. The van der Waals surface area contributed by atoms with Crippen molar-refractivity contribution in [2.24, 2.45) is 11.8 Å². The van der Waals surface area contributed by atoms with E-state index in [0.717, 1.165) is 31.0 Å². The fourth-order valence-electron chi connectivity index (χ4n) is 3.87. The zero-order valence-electron chi connectivity index (χ0n) is 13.2. The second-order valence-electron chi connectivity index (χ2n) is 6.70. The number of piperidine rings is 1. The van der Waals surface area contributed by atoms with Crippen LogP contribution in [-0.4, -0.2) is 49.3 Å². The molecule has 1 N–H and O–H groups in total. The smallest absolute Gasteiger partial charge is 0.0671 e. The second-order valence-corrected chi connectivity index (χ2v) is 6.70. The van der Waals surface area contributed by atoms with E-state index >= 15 is 0 Å². The van der Waals surface area contributed by atoms with E-state index in [0.29, 0.717) is 12.1 Å². The van der Waals surface area contributed by atoms with Gasteiger partial charge in [-0.15, -0.1) is 0 Å². The van der Waals surface area contributed by atoms with Crippen LogP contribution in [0.25, 0.3) is 0 Å². The van der Waals surface area contributed by atoms with Crippen LogP contribution >= 0.6 is 0 Å². The van der Waals surface area contributed by atoms with E-state index in [2.05, 4.69) is 37.9 Å². The lowest BCUT2D eigenvalue weighted by molar-refractivity contribution is 0.0173. The number of rotatable bonds is 6. The van der Waals surface area contributed by atoms with Crippen LogP contribution in [0, 0.1) is 11.8 Å². The molecule has 2 rings (SSSR count). The Kier molecular flexibility index (Phi) is 5.67. The van der Waals surface area contributed by atoms with Crippen LogP contribution in [0.4, 0.5) is 0 Å². The SMILES string of the molecule is CCOC(C)CNC1C2CCCC1CN(C(C)C)C2. The van der Waals surface area contributed by atoms with Crippen LogP contribution in [-0.2, 0) is 4.74 Å². The molecule has 112 valence electrons. The van der Waals surface area contributed by atoms with Gasteiger partial charge in [-0.25, -0.2) is 0 Å². The number of likely N-dealkylation sites (tertiary alicyclic amines) is 1. The van der Waals surface area contributed by atoms with E-state index in [1.54, 1.807) is 0 Å². The third-order valence-corrected chi connectivity index (χ3v) is 4.93. The lowest BCUT2D eigenvalue weighted by atomic mass is 9.73. The molecule has 3 heteroatoms. The van der Waals surface area contributed by atoms with Crippen LogP contribution in [0.5, 0.6) is 0 Å². The summed E-state index contributed by atoms with van der Waals surface area (Å²) in [5, 5.41) is 3.82. The molecule has 2 bridgehead atoms. The minimum Gasteiger partial charge on any atom is -0.377 e. The molecule has 1 aliphatic carbocycles. The molecule has 0 amide bonds. The van der Waals surface area contributed by atoms with E-state index in [1.807, 2.05) is 0 Å². The van der Waals surface area contributed by atoms with Gasteiger partial charge in [0, 0.05) is 38.3 Å². The monoisotopic (exact) mass is 268 g/mol. The van der Waals surface area contributed by atoms with Gasteiger partial charge < -0.3 is 15.0 Å². The summed E-state index contributed by atoms with van der Waals surface area (Å²) >= 11 is 0. The largest absolute Gasteiger partial charge is 0.377 e. The Morgan fingerprint density at radius 1 is 1.16 bits per heavy atom. The first kappa shape index (κ1) is 15.3. The quantitative estimate of drug-likeness (QED) is 0.801. The first-order valence-corrected chi connectivity index (χ1v) is 8.20. The third kappa shape index (κ3) is 3.93. The highest BCUT2D eigenvalue weighted by atomic mass is 16.5. The van der Waals surface area contributed by atoms with Crippen LogP contribution in [0.15, 0.2) is 0 Å². The summed E-state index contributed by atoms with van der Waals surface area (Å²) < 4.78 is 5.64. The molecule has 0 aromatic heterocycles. The van der Waals surface area contributed by atoms with Crippen LogP contribution in [0.3, 0.4) is 0 Å². The van der Waals surface area contributed by atoms with Gasteiger partial charge in [-0.1, -0.05) is 6.42 Å². The van der Waals surface area contributed by atoms with Crippen molar-refractivity contribution in [1.29, 1.82) is 0 Å². The summed E-state index contributed by atoms with van der Waals surface area (Å²) in [7, 11) is 0. The maximum atomic E-state index is 5.64. The average molecular weight is 268 g/mol. The molecule has 3 unspecified atom stereocenters. The van der Waals surface area contributed by atoms with Crippen molar-refractivity contribution in [3.63, 3.8) is 0 Å². The van der Waals surface area contributed by atoms with Crippen molar-refractivity contribution in [1.82, 2.24) is 10.2 Å². The molecule has 0 radical (unpaired) electrons. The van der Waals surface area contributed by atoms with Crippen molar-refractivity contribution < 1.29 is 4.74 Å². The molecule has 2 aliphatic rings. The third-order valence-electron chi connectivity index (χ3n) is 4.93. The average Bonchev–Trinajstić information content (AvgIpc) is 2.35. The molecule has 3 nitrogen and oxygen atoms in total. The Balaban J connectivity index is 1.87. The maximum Gasteiger partial charge on any atom is 0.0671 e. The van der Waals surface area contributed by atoms with Gasteiger partial charge in [-0.3, -0.25) is 0 Å². The predicted molar refractivity (Wildman–Crippen MR) is 80.4 cm³/mol. The van der Waals surface area contributed by atoms with Gasteiger partial charge in [0.2, 0.25) is 0 Å². The van der Waals surface area contributed by atoms with Gasteiger partial charge >= 0.3 is 0 Å². The van der Waals surface area contributed by atoms with E-state index in [1.165, 1.54) is 32.4 Å². The fraction of sp³-hybridized carbons (Fsp3) is 1.00. The number of nitrogens with one attached hydrogen (secondary N) is 1. The Morgan fingerprint density at radius 3 is 2.32 bits per heavy atom. The molecular weight excluding hydrogens is 236 g/mol. The summed E-state index contributed by atoms with van der Waals surface area (Å²) in [6.45, 7) is 13.3. The van der Waals surface area contributed by atoms with Gasteiger partial charge in [0.05, 0.1) is 6.10 Å². The molecule has 0 aromatic rings. The molecule has 2 fully saturated rings. The normalized spacial score (nSPS) is 33.6. The fourth-order valence-corrected chi connectivity index (χ4v) is 3.87. The molecule has 1 saturated heterocycles. The van der Waals surface area contributed by atoms with Crippen molar-refractivity contribution in [3.8, 4) is 0 Å². The van der Waals surface area contributed by atoms with Crippen molar-refractivity contribution in [2.45, 2.75) is 65.1 Å². The van der Waals surface area contributed by atoms with Gasteiger partial charge in [0.25, 0.3) is 0 Å². The molecule has 1 heterocycles. The van der Waals surface area contributed by atoms with Gasteiger partial charge in [0.15, 0.2) is 0 Å². The standard InChI is InChI=1S/C16H32N2O/c1-5-19-13(4)9-17-16-14-7-6-8-15(16)11-18(10-14)12(2)3/h12-17H,5-11H2,1-4H3. The van der Waals surface area contributed by atoms with E-state index in [4.69, 9.17) is 4.74 Å². The molecule has 3 atom stereocenters. The molecule has 1 saturated carbocycles. The Hall–Kier alpha value is -0.120. The number of ether oxygens (including phenoxy) is 1. The summed E-state index contributed by atoms with van der Waals surface area (Å²) in [6.07, 6.45) is 4.58. The number of hydrogen-bond acceptors (Lipinski definition) is 3. The molecule has 0 aromatic carbocycles. The summed E-state index contributed by atoms with van der Waals surface area (Å²) in [5.41, 5.74) is 0. The predicted octanol–water partition coefficient (Wildman–Crippen LogP) is 2.51. The highest BCUT2D eigenvalue weighted by Crippen LogP contribution is 2.35. The van der Waals surface area contributed by atoms with Gasteiger partial charge in [-0.2, -0.15) is 0 Å². The minimum atomic E-state index is 0.342. The second kappa shape index (κ2) is 7.05. The minimum absolute atomic E-state index is 0.342. The first-order chi connectivity index (χ1) is 9.11. The van der Waals surface area contributed by atoms with Gasteiger partial charge in [-0.05, 0) is 52.4 Å². The van der Waals surface area contributed by atoms with Crippen molar-refractivity contribution in [3.05, 3.63) is 0 Å². The lowest BCUT2D eigenvalue weighted by Gasteiger charge is -2.49. The van der Waals surface area contributed by atoms with Crippen molar-refractivity contribution >= 4 is 0 Å². The Labute approximate surface area is 119 Å². The number of nitrogens with zero attached hydrogens (tertiary/aromatic N) is 1. The van der Waals surface area contributed by atoms with Crippen LogP contribution in [0.1, 0.15) is 47.0 Å². The summed E-state index contributed by atoms with van der Waals surface area (Å²) in [5.74, 6) is 1.70. The van der Waals surface area contributed by atoms with Crippen LogP contribution < -0.4 is 5.32 Å². The lowest BCUT2D eigenvalue weighted by Crippen LogP contribution is -2.59. The highest BCUT2D eigenvalue weighted by molar-refractivity contribution is 4.95. The Bertz CT molecular complexity index is 255. The molecular formula is C16H32N2O. The maximum absolute atomic E-state index is 5.64. The first-order valence-electron chi connectivity index (χ1n) is 8.20. The molecule has 1 aliphatic heterocycles. The molecule has 19 heavy (non-hydrogen) atoms. The van der Waals surface area contributed by atoms with Gasteiger partial charge in [0.1, 0.15) is 0 Å². The van der Waals surface area contributed by atoms with Crippen LogP contribution in [0.2, 0.25) is 0 Å². The zero-order valence-corrected chi connectivity index (χ0v) is 13.2.